The van der Waals surface area contributed by atoms with Crippen molar-refractivity contribution in [1.82, 2.24) is 9.55 Å². The number of aromatic nitrogens is 2. The van der Waals surface area contributed by atoms with Gasteiger partial charge in [-0.05, 0) is 110 Å². The van der Waals surface area contributed by atoms with Crippen LogP contribution in [-0.2, 0) is 21.7 Å². The minimum atomic E-state index is -0.225. The second kappa shape index (κ2) is 16.9. The maximum atomic E-state index is 6.83. The molecule has 5 nitrogen and oxygen atoms in total. The van der Waals surface area contributed by atoms with E-state index in [4.69, 9.17) is 9.72 Å². The third kappa shape index (κ3) is 8.33. The molecule has 5 heteroatoms. The van der Waals surface area contributed by atoms with E-state index in [0.29, 0.717) is 0 Å². The largest absolute Gasteiger partial charge is 0.457 e. The number of hydrogen-bond donors (Lipinski definition) is 1. The zero-order chi connectivity index (χ0) is 47.6. The van der Waals surface area contributed by atoms with Crippen molar-refractivity contribution in [3.05, 3.63) is 221 Å². The summed E-state index contributed by atoms with van der Waals surface area (Å²) in [7, 11) is 0. The van der Waals surface area contributed by atoms with E-state index in [9.17, 15) is 0 Å². The molecule has 68 heavy (non-hydrogen) atoms. The molecule has 0 saturated carbocycles. The summed E-state index contributed by atoms with van der Waals surface area (Å²) in [6.45, 7) is 23.7. The van der Waals surface area contributed by atoms with Crippen LogP contribution in [0, 0.1) is 0 Å². The van der Waals surface area contributed by atoms with Crippen LogP contribution in [0.25, 0.3) is 27.6 Å². The molecule has 0 spiro atoms. The average molecular weight is 893 g/mol. The summed E-state index contributed by atoms with van der Waals surface area (Å²) in [5, 5.41) is 6.47. The van der Waals surface area contributed by atoms with Gasteiger partial charge in [-0.15, -0.1) is 0 Å². The van der Waals surface area contributed by atoms with E-state index in [-0.39, 0.29) is 27.7 Å². The van der Waals surface area contributed by atoms with E-state index in [1.54, 1.807) is 0 Å². The summed E-state index contributed by atoms with van der Waals surface area (Å²) in [4.78, 5) is 7.37. The molecule has 0 saturated heterocycles. The van der Waals surface area contributed by atoms with Gasteiger partial charge in [-0.1, -0.05) is 172 Å². The summed E-state index contributed by atoms with van der Waals surface area (Å²) in [5.41, 5.74) is 14.1. The zero-order valence-electron chi connectivity index (χ0n) is 41.4. The highest BCUT2D eigenvalue weighted by Gasteiger charge is 2.34. The summed E-state index contributed by atoms with van der Waals surface area (Å²) >= 11 is 0. The average Bonchev–Trinajstić information content (AvgIpc) is 3.86. The topological polar surface area (TPSA) is 42.3 Å². The number of benzene rings is 7. The van der Waals surface area contributed by atoms with E-state index < -0.39 is 0 Å². The molecule has 1 atom stereocenters. The van der Waals surface area contributed by atoms with Gasteiger partial charge < -0.3 is 15.0 Å². The number of nitrogens with zero attached hydrogens (tertiary/aromatic N) is 3. The van der Waals surface area contributed by atoms with E-state index in [1.165, 1.54) is 50.0 Å². The highest BCUT2D eigenvalue weighted by Crippen LogP contribution is 2.46. The first-order chi connectivity index (χ1) is 32.4. The molecular formula is C63H64N4O. The Labute approximate surface area is 403 Å². The standard InChI is InChI=1S/C63H64N4O/c1-60(2,3)44-28-30-54-55(65-48-35-46(62(7,8)42-20-13-11-14-21-42)34-47(36-48)63(9,10)43-22-15-12-16-23-43)41-66(57(54)37-44)49-24-19-25-50(39-49)68-51-29-31-53-52-26-17-18-27-56(52)67(58(53)40-51)59-38-45(32-33-64-59)61(4,5)6/h11-40,55,65H,41H2,1-10H3. The van der Waals surface area contributed by atoms with Crippen molar-refractivity contribution in [2.75, 3.05) is 16.8 Å². The lowest BCUT2D eigenvalue weighted by molar-refractivity contribution is 0.483. The molecule has 10 rings (SSSR count). The molecule has 2 aromatic heterocycles. The number of pyridine rings is 1. The number of hydrogen-bond acceptors (Lipinski definition) is 4. The third-order valence-electron chi connectivity index (χ3n) is 14.5. The molecule has 0 aliphatic carbocycles. The van der Waals surface area contributed by atoms with Crippen LogP contribution in [0.15, 0.2) is 182 Å². The zero-order valence-corrected chi connectivity index (χ0v) is 41.4. The second-order valence-electron chi connectivity index (χ2n) is 21.9. The van der Waals surface area contributed by atoms with Gasteiger partial charge in [0.25, 0.3) is 0 Å². The van der Waals surface area contributed by atoms with Crippen LogP contribution in [0.1, 0.15) is 114 Å². The molecule has 1 aliphatic heterocycles. The Kier molecular flexibility index (Phi) is 11.1. The van der Waals surface area contributed by atoms with Crippen LogP contribution >= 0.6 is 0 Å². The van der Waals surface area contributed by atoms with Gasteiger partial charge in [0.1, 0.15) is 17.3 Å². The fraction of sp³-hybridized carbons (Fsp3) is 0.254. The van der Waals surface area contributed by atoms with E-state index in [1.807, 2.05) is 6.20 Å². The Hall–Kier alpha value is -7.11. The first-order valence-electron chi connectivity index (χ1n) is 24.2. The number of rotatable bonds is 10. The minimum absolute atomic E-state index is 0.00988. The molecule has 7 aromatic carbocycles. The smallest absolute Gasteiger partial charge is 0.137 e. The predicted molar refractivity (Wildman–Crippen MR) is 286 cm³/mol. The van der Waals surface area contributed by atoms with Crippen molar-refractivity contribution in [3.8, 4) is 17.3 Å². The molecule has 1 N–H and O–H groups in total. The summed E-state index contributed by atoms with van der Waals surface area (Å²) in [6, 6.07) is 64.0. The number of nitrogens with one attached hydrogen (secondary N) is 1. The fourth-order valence-corrected chi connectivity index (χ4v) is 10.1. The van der Waals surface area contributed by atoms with Crippen molar-refractivity contribution in [1.29, 1.82) is 0 Å². The first-order valence-corrected chi connectivity index (χ1v) is 24.2. The van der Waals surface area contributed by atoms with Crippen molar-refractivity contribution >= 4 is 38.9 Å². The summed E-state index contributed by atoms with van der Waals surface area (Å²) < 4.78 is 9.10. The van der Waals surface area contributed by atoms with E-state index in [2.05, 4.69) is 260 Å². The van der Waals surface area contributed by atoms with Gasteiger partial charge in [0, 0.05) is 63.5 Å². The summed E-state index contributed by atoms with van der Waals surface area (Å²) in [6.07, 6.45) is 1.93. The van der Waals surface area contributed by atoms with Crippen molar-refractivity contribution in [2.45, 2.75) is 96.9 Å². The Morgan fingerprint density at radius 3 is 1.75 bits per heavy atom. The third-order valence-corrected chi connectivity index (χ3v) is 14.5. The molecular weight excluding hydrogens is 829 g/mol. The molecule has 0 bridgehead atoms. The second-order valence-corrected chi connectivity index (χ2v) is 21.9. The maximum Gasteiger partial charge on any atom is 0.137 e. The normalized spacial score (nSPS) is 14.4. The molecule has 0 amide bonds. The SMILES string of the molecule is CC(C)(C)c1ccnc(-n2c3ccccc3c3ccc(Oc4cccc(N5CC(Nc6cc(C(C)(C)c7ccccc7)cc(C(C)(C)c7ccccc7)c6)c6ccc(C(C)(C)C)cc65)c4)cc32)c1. The maximum absolute atomic E-state index is 6.83. The lowest BCUT2D eigenvalue weighted by Gasteiger charge is -2.32. The summed E-state index contributed by atoms with van der Waals surface area (Å²) in [5.74, 6) is 2.46. The Morgan fingerprint density at radius 2 is 1.09 bits per heavy atom. The Morgan fingerprint density at radius 1 is 0.485 bits per heavy atom. The number of para-hydroxylation sites is 1. The van der Waals surface area contributed by atoms with Crippen LogP contribution in [0.4, 0.5) is 17.1 Å². The van der Waals surface area contributed by atoms with Gasteiger partial charge in [-0.3, -0.25) is 4.57 Å². The van der Waals surface area contributed by atoms with Gasteiger partial charge in [0.05, 0.1) is 17.1 Å². The van der Waals surface area contributed by atoms with E-state index >= 15 is 0 Å². The van der Waals surface area contributed by atoms with Gasteiger partial charge >= 0.3 is 0 Å². The highest BCUT2D eigenvalue weighted by atomic mass is 16.5. The van der Waals surface area contributed by atoms with Crippen molar-refractivity contribution in [2.24, 2.45) is 0 Å². The molecule has 1 unspecified atom stereocenters. The Balaban J connectivity index is 1.01. The number of ether oxygens (including phenoxy) is 1. The quantitative estimate of drug-likeness (QED) is 0.149. The van der Waals surface area contributed by atoms with Crippen LogP contribution in [0.5, 0.6) is 11.5 Å². The Bertz CT molecular complexity index is 3220. The minimum Gasteiger partial charge on any atom is -0.457 e. The van der Waals surface area contributed by atoms with Crippen LogP contribution in [-0.4, -0.2) is 16.1 Å². The van der Waals surface area contributed by atoms with Crippen LogP contribution in [0.3, 0.4) is 0 Å². The lowest BCUT2D eigenvalue weighted by atomic mass is 9.73. The van der Waals surface area contributed by atoms with Gasteiger partial charge in [0.15, 0.2) is 0 Å². The van der Waals surface area contributed by atoms with Crippen molar-refractivity contribution < 1.29 is 4.74 Å². The van der Waals surface area contributed by atoms with Gasteiger partial charge in [0.2, 0.25) is 0 Å². The first kappa shape index (κ1) is 44.7. The highest BCUT2D eigenvalue weighted by molar-refractivity contribution is 6.09. The van der Waals surface area contributed by atoms with Crippen molar-refractivity contribution in [3.63, 3.8) is 0 Å². The number of fused-ring (bicyclic) bond motifs is 4. The number of anilines is 3. The molecule has 3 heterocycles. The molecule has 1 aliphatic rings. The lowest BCUT2D eigenvalue weighted by Crippen LogP contribution is -2.24. The fourth-order valence-electron chi connectivity index (χ4n) is 10.1. The predicted octanol–water partition coefficient (Wildman–Crippen LogP) is 16.5. The van der Waals surface area contributed by atoms with Crippen LogP contribution in [0.2, 0.25) is 0 Å². The molecule has 0 radical (unpaired) electrons. The molecule has 0 fully saturated rings. The van der Waals surface area contributed by atoms with Gasteiger partial charge in [-0.2, -0.15) is 0 Å². The monoisotopic (exact) mass is 893 g/mol. The van der Waals surface area contributed by atoms with E-state index in [0.717, 1.165) is 51.7 Å². The van der Waals surface area contributed by atoms with Crippen LogP contribution < -0.4 is 15.0 Å². The van der Waals surface area contributed by atoms with Gasteiger partial charge in [-0.25, -0.2) is 4.98 Å². The molecule has 9 aromatic rings. The molecule has 342 valence electrons.